The molecule has 1 aliphatic heterocycles. The van der Waals surface area contributed by atoms with Gasteiger partial charge in [0, 0.05) is 23.6 Å². The van der Waals surface area contributed by atoms with Crippen molar-refractivity contribution >= 4 is 21.8 Å². The van der Waals surface area contributed by atoms with Gasteiger partial charge in [-0.25, -0.2) is 4.39 Å². The third-order valence-electron chi connectivity index (χ3n) is 4.04. The van der Waals surface area contributed by atoms with E-state index >= 15 is 0 Å². The van der Waals surface area contributed by atoms with E-state index in [4.69, 9.17) is 4.74 Å². The van der Waals surface area contributed by atoms with Gasteiger partial charge in [0.05, 0.1) is 0 Å². The number of benzene rings is 1. The molecular weight excluding hydrogens is 363 g/mol. The number of ether oxygens (including phenoxy) is 1. The first-order chi connectivity index (χ1) is 11.0. The number of nitrogens with one attached hydrogen (secondary N) is 1. The number of hydrogen-bond donors (Lipinski definition) is 1. The third-order valence-corrected chi connectivity index (χ3v) is 4.53. The summed E-state index contributed by atoms with van der Waals surface area (Å²) in [6, 6.07) is 4.71. The lowest BCUT2D eigenvalue weighted by atomic mass is 10.0. The second-order valence-electron chi connectivity index (χ2n) is 5.96. The molecule has 0 aromatic heterocycles. The first-order valence-corrected chi connectivity index (χ1v) is 8.93. The lowest BCUT2D eigenvalue weighted by Gasteiger charge is -2.32. The fourth-order valence-electron chi connectivity index (χ4n) is 2.75. The molecule has 6 heteroatoms. The highest BCUT2D eigenvalue weighted by Gasteiger charge is 2.23. The zero-order valence-corrected chi connectivity index (χ0v) is 15.2. The van der Waals surface area contributed by atoms with Gasteiger partial charge in [0.2, 0.25) is 0 Å². The number of likely N-dealkylation sites (tertiary alicyclic amines) is 1. The number of piperidine rings is 1. The van der Waals surface area contributed by atoms with Crippen LogP contribution in [0.5, 0.6) is 5.75 Å². The molecule has 23 heavy (non-hydrogen) atoms. The lowest BCUT2D eigenvalue weighted by Crippen LogP contribution is -2.48. The van der Waals surface area contributed by atoms with Crippen molar-refractivity contribution in [3.8, 4) is 5.75 Å². The number of halogens is 2. The van der Waals surface area contributed by atoms with Gasteiger partial charge < -0.3 is 15.0 Å². The van der Waals surface area contributed by atoms with Crippen LogP contribution in [0.1, 0.15) is 33.1 Å². The van der Waals surface area contributed by atoms with E-state index < -0.39 is 11.9 Å². The van der Waals surface area contributed by atoms with Gasteiger partial charge in [-0.15, -0.1) is 0 Å². The van der Waals surface area contributed by atoms with Crippen LogP contribution < -0.4 is 10.1 Å². The van der Waals surface area contributed by atoms with Crippen molar-refractivity contribution in [1.29, 1.82) is 0 Å². The normalized spacial score (nSPS) is 17.7. The summed E-state index contributed by atoms with van der Waals surface area (Å²) in [6.07, 6.45) is 2.33. The molecule has 1 aromatic rings. The first kappa shape index (κ1) is 18.2. The molecule has 128 valence electrons. The molecule has 1 heterocycles. The maximum Gasteiger partial charge on any atom is 0.260 e. The number of rotatable bonds is 6. The average molecular weight is 387 g/mol. The van der Waals surface area contributed by atoms with Crippen molar-refractivity contribution < 1.29 is 13.9 Å². The predicted octanol–water partition coefficient (Wildman–Crippen LogP) is 3.35. The largest absolute Gasteiger partial charge is 0.478 e. The van der Waals surface area contributed by atoms with E-state index in [1.165, 1.54) is 12.1 Å². The van der Waals surface area contributed by atoms with E-state index in [0.29, 0.717) is 4.47 Å². The van der Waals surface area contributed by atoms with Crippen molar-refractivity contribution in [1.82, 2.24) is 10.2 Å². The van der Waals surface area contributed by atoms with E-state index in [0.717, 1.165) is 38.9 Å². The Hall–Kier alpha value is -1.14. The topological polar surface area (TPSA) is 41.6 Å². The predicted molar refractivity (Wildman–Crippen MR) is 92.1 cm³/mol. The minimum absolute atomic E-state index is 0.0913. The average Bonchev–Trinajstić information content (AvgIpc) is 2.52. The summed E-state index contributed by atoms with van der Waals surface area (Å²) >= 11 is 3.19. The maximum absolute atomic E-state index is 13.8. The molecule has 0 bridgehead atoms. The minimum atomic E-state index is -0.723. The molecular formula is C17H24BrFN2O2. The van der Waals surface area contributed by atoms with Crippen molar-refractivity contribution in [3.63, 3.8) is 0 Å². The molecule has 0 aliphatic carbocycles. The summed E-state index contributed by atoms with van der Waals surface area (Å²) in [5, 5.41) is 3.01. The Morgan fingerprint density at radius 2 is 2.17 bits per heavy atom. The standard InChI is InChI=1S/C17H24BrFN2O2/c1-3-8-21-9-6-14(7-10-21)20-17(22)12(2)23-16-5-4-13(18)11-15(16)19/h4-5,11-12,14H,3,6-10H2,1-2H3,(H,20,22)/t12-/m1/s1. The molecule has 1 atom stereocenters. The Kier molecular flexibility index (Phi) is 6.84. The highest BCUT2D eigenvalue weighted by Crippen LogP contribution is 2.22. The van der Waals surface area contributed by atoms with E-state index in [1.54, 1.807) is 13.0 Å². The highest BCUT2D eigenvalue weighted by molar-refractivity contribution is 9.10. The number of amides is 1. The molecule has 1 saturated heterocycles. The first-order valence-electron chi connectivity index (χ1n) is 8.14. The summed E-state index contributed by atoms with van der Waals surface area (Å²) in [6.45, 7) is 6.95. The molecule has 4 nitrogen and oxygen atoms in total. The van der Waals surface area contributed by atoms with Gasteiger partial charge >= 0.3 is 0 Å². The second kappa shape index (κ2) is 8.64. The van der Waals surface area contributed by atoms with Crippen LogP contribution in [-0.4, -0.2) is 42.6 Å². The van der Waals surface area contributed by atoms with E-state index in [-0.39, 0.29) is 17.7 Å². The third kappa shape index (κ3) is 5.46. The maximum atomic E-state index is 13.8. The van der Waals surface area contributed by atoms with Crippen molar-refractivity contribution in [2.75, 3.05) is 19.6 Å². The second-order valence-corrected chi connectivity index (χ2v) is 6.88. The molecule has 2 rings (SSSR count). The van der Waals surface area contributed by atoms with Crippen LogP contribution in [0.4, 0.5) is 4.39 Å². The van der Waals surface area contributed by atoms with Gasteiger partial charge in [0.15, 0.2) is 17.7 Å². The van der Waals surface area contributed by atoms with Gasteiger partial charge in [-0.2, -0.15) is 0 Å². The molecule has 1 amide bonds. The van der Waals surface area contributed by atoms with E-state index in [9.17, 15) is 9.18 Å². The summed E-state index contributed by atoms with van der Waals surface area (Å²) < 4.78 is 19.8. The van der Waals surface area contributed by atoms with E-state index in [1.807, 2.05) is 0 Å². The monoisotopic (exact) mass is 386 g/mol. The zero-order valence-electron chi connectivity index (χ0n) is 13.6. The number of hydrogen-bond acceptors (Lipinski definition) is 3. The van der Waals surface area contributed by atoms with Crippen molar-refractivity contribution in [2.45, 2.75) is 45.3 Å². The number of carbonyl (C=O) groups excluding carboxylic acids is 1. The Morgan fingerprint density at radius 1 is 1.48 bits per heavy atom. The fraction of sp³-hybridized carbons (Fsp3) is 0.588. The molecule has 0 radical (unpaired) electrons. The smallest absolute Gasteiger partial charge is 0.260 e. The van der Waals surface area contributed by atoms with Gasteiger partial charge in [0.25, 0.3) is 5.91 Å². The number of nitrogens with zero attached hydrogens (tertiary/aromatic N) is 1. The Morgan fingerprint density at radius 3 is 2.78 bits per heavy atom. The molecule has 0 unspecified atom stereocenters. The van der Waals surface area contributed by atoms with Crippen LogP contribution >= 0.6 is 15.9 Å². The van der Waals surface area contributed by atoms with Crippen molar-refractivity contribution in [2.24, 2.45) is 0 Å². The summed E-state index contributed by atoms with van der Waals surface area (Å²) in [5.74, 6) is -0.582. The van der Waals surface area contributed by atoms with E-state index in [2.05, 4.69) is 33.1 Å². The van der Waals surface area contributed by atoms with Gasteiger partial charge in [-0.1, -0.05) is 22.9 Å². The van der Waals surface area contributed by atoms with Gasteiger partial charge in [-0.05, 0) is 50.9 Å². The van der Waals surface area contributed by atoms with Crippen LogP contribution in [0, 0.1) is 5.82 Å². The quantitative estimate of drug-likeness (QED) is 0.814. The summed E-state index contributed by atoms with van der Waals surface area (Å²) in [4.78, 5) is 14.6. The van der Waals surface area contributed by atoms with Crippen LogP contribution in [0.3, 0.4) is 0 Å². The van der Waals surface area contributed by atoms with Crippen LogP contribution in [-0.2, 0) is 4.79 Å². The molecule has 1 N–H and O–H groups in total. The Balaban J connectivity index is 1.81. The highest BCUT2D eigenvalue weighted by atomic mass is 79.9. The Labute approximate surface area is 145 Å². The number of carbonyl (C=O) groups is 1. The summed E-state index contributed by atoms with van der Waals surface area (Å²) in [7, 11) is 0. The lowest BCUT2D eigenvalue weighted by molar-refractivity contribution is -0.128. The van der Waals surface area contributed by atoms with Crippen molar-refractivity contribution in [3.05, 3.63) is 28.5 Å². The van der Waals surface area contributed by atoms with Gasteiger partial charge in [-0.3, -0.25) is 4.79 Å². The molecule has 1 aromatic carbocycles. The molecule has 1 fully saturated rings. The SMILES string of the molecule is CCCN1CCC(NC(=O)[C@@H](C)Oc2ccc(Br)cc2F)CC1. The van der Waals surface area contributed by atoms with Crippen LogP contribution in [0.25, 0.3) is 0 Å². The molecule has 0 spiro atoms. The molecule has 1 aliphatic rings. The minimum Gasteiger partial charge on any atom is -0.478 e. The fourth-order valence-corrected chi connectivity index (χ4v) is 3.08. The zero-order chi connectivity index (χ0) is 16.8. The van der Waals surface area contributed by atoms with Gasteiger partial charge in [0.1, 0.15) is 0 Å². The van der Waals surface area contributed by atoms with Crippen LogP contribution in [0.2, 0.25) is 0 Å². The summed E-state index contributed by atoms with van der Waals surface area (Å²) in [5.41, 5.74) is 0. The molecule has 0 saturated carbocycles. The Bertz CT molecular complexity index is 533. The van der Waals surface area contributed by atoms with Crippen LogP contribution in [0.15, 0.2) is 22.7 Å².